The van der Waals surface area contributed by atoms with Crippen LogP contribution in [0.25, 0.3) is 17.0 Å². The first-order chi connectivity index (χ1) is 12.7. The standard InChI is InChI=1S/C21H24N2OS2/c1-2-22-14-16(17-9-5-6-10-18(17)22)13-19-20(24)23(21(25)26-19)12-11-15-7-3-4-8-15/h5-6,9-10,13-15H,2-4,7-8,11-12H2,1H3/b19-13-. The van der Waals surface area contributed by atoms with Gasteiger partial charge in [0.25, 0.3) is 5.91 Å². The summed E-state index contributed by atoms with van der Waals surface area (Å²) in [6.07, 6.45) is 10.5. The lowest BCUT2D eigenvalue weighted by atomic mass is 10.0. The van der Waals surface area contributed by atoms with Crippen molar-refractivity contribution in [3.05, 3.63) is 40.9 Å². The van der Waals surface area contributed by atoms with Gasteiger partial charge < -0.3 is 4.57 Å². The Balaban J connectivity index is 1.56. The van der Waals surface area contributed by atoms with Gasteiger partial charge in [0.1, 0.15) is 4.32 Å². The second-order valence-electron chi connectivity index (χ2n) is 7.16. The summed E-state index contributed by atoms with van der Waals surface area (Å²) in [5.74, 6) is 0.845. The van der Waals surface area contributed by atoms with Crippen LogP contribution >= 0.6 is 24.0 Å². The summed E-state index contributed by atoms with van der Waals surface area (Å²) < 4.78 is 2.93. The molecule has 2 aromatic rings. The van der Waals surface area contributed by atoms with Crippen LogP contribution < -0.4 is 0 Å². The average Bonchev–Trinajstić information content (AvgIpc) is 3.34. The molecule has 1 saturated carbocycles. The Morgan fingerprint density at radius 3 is 2.81 bits per heavy atom. The number of hydrogen-bond acceptors (Lipinski definition) is 3. The highest BCUT2D eigenvalue weighted by Crippen LogP contribution is 2.35. The molecule has 1 aromatic carbocycles. The summed E-state index contributed by atoms with van der Waals surface area (Å²) in [4.78, 5) is 15.4. The van der Waals surface area contributed by atoms with Crippen molar-refractivity contribution in [3.8, 4) is 0 Å². The molecular weight excluding hydrogens is 360 g/mol. The Bertz CT molecular complexity index is 877. The maximum atomic E-state index is 12.9. The normalized spacial score (nSPS) is 20.2. The topological polar surface area (TPSA) is 25.2 Å². The van der Waals surface area contributed by atoms with Crippen LogP contribution in [0, 0.1) is 5.92 Å². The summed E-state index contributed by atoms with van der Waals surface area (Å²) in [6.45, 7) is 3.82. The van der Waals surface area contributed by atoms with Gasteiger partial charge >= 0.3 is 0 Å². The maximum Gasteiger partial charge on any atom is 0.266 e. The molecule has 0 radical (unpaired) electrons. The van der Waals surface area contributed by atoms with E-state index in [-0.39, 0.29) is 5.91 Å². The summed E-state index contributed by atoms with van der Waals surface area (Å²) in [5.41, 5.74) is 2.30. The lowest BCUT2D eigenvalue weighted by molar-refractivity contribution is -0.122. The summed E-state index contributed by atoms with van der Waals surface area (Å²) in [6, 6.07) is 8.35. The van der Waals surface area contributed by atoms with Gasteiger partial charge in [0.05, 0.1) is 4.91 Å². The molecule has 0 bridgehead atoms. The first-order valence-electron chi connectivity index (χ1n) is 9.50. The van der Waals surface area contributed by atoms with Crippen molar-refractivity contribution in [2.75, 3.05) is 6.54 Å². The number of nitrogens with zero attached hydrogens (tertiary/aromatic N) is 2. The molecule has 3 nitrogen and oxygen atoms in total. The highest BCUT2D eigenvalue weighted by atomic mass is 32.2. The van der Waals surface area contributed by atoms with Crippen LogP contribution in [0.15, 0.2) is 35.4 Å². The van der Waals surface area contributed by atoms with Crippen molar-refractivity contribution in [1.82, 2.24) is 9.47 Å². The maximum absolute atomic E-state index is 12.9. The third-order valence-electron chi connectivity index (χ3n) is 5.56. The van der Waals surface area contributed by atoms with Crippen molar-refractivity contribution >= 4 is 51.2 Å². The van der Waals surface area contributed by atoms with Crippen LogP contribution in [0.3, 0.4) is 0 Å². The van der Waals surface area contributed by atoms with Crippen LogP contribution in [0.1, 0.15) is 44.6 Å². The second kappa shape index (κ2) is 7.57. The van der Waals surface area contributed by atoms with E-state index in [2.05, 4.69) is 35.9 Å². The zero-order valence-electron chi connectivity index (χ0n) is 15.1. The van der Waals surface area contributed by atoms with Gasteiger partial charge in [0, 0.05) is 35.8 Å². The number of carbonyl (C=O) groups excluding carboxylic acids is 1. The predicted octanol–water partition coefficient (Wildman–Crippen LogP) is 5.44. The molecular formula is C21H24N2OS2. The molecule has 0 unspecified atom stereocenters. The molecule has 1 aliphatic carbocycles. The number of aromatic nitrogens is 1. The van der Waals surface area contributed by atoms with Gasteiger partial charge in [-0.15, -0.1) is 0 Å². The summed E-state index contributed by atoms with van der Waals surface area (Å²) >= 11 is 6.94. The molecule has 0 atom stereocenters. The highest BCUT2D eigenvalue weighted by Gasteiger charge is 2.32. The minimum Gasteiger partial charge on any atom is -0.347 e. The third-order valence-corrected chi connectivity index (χ3v) is 6.93. The SMILES string of the molecule is CCn1cc(/C=C2\SC(=S)N(CCC3CCCC3)C2=O)c2ccccc21. The van der Waals surface area contributed by atoms with Gasteiger partial charge in [0.15, 0.2) is 0 Å². The Hall–Kier alpha value is -1.59. The number of rotatable bonds is 5. The number of thiocarbonyl (C=S) groups is 1. The van der Waals surface area contributed by atoms with Gasteiger partial charge in [0.2, 0.25) is 0 Å². The van der Waals surface area contributed by atoms with E-state index in [9.17, 15) is 4.79 Å². The Labute approximate surface area is 164 Å². The molecule has 2 heterocycles. The Morgan fingerprint density at radius 1 is 1.27 bits per heavy atom. The molecule has 1 amide bonds. The molecule has 0 spiro atoms. The third kappa shape index (κ3) is 3.35. The van der Waals surface area contributed by atoms with Gasteiger partial charge in [-0.1, -0.05) is 67.9 Å². The fraction of sp³-hybridized carbons (Fsp3) is 0.429. The second-order valence-corrected chi connectivity index (χ2v) is 8.84. The fourth-order valence-corrected chi connectivity index (χ4v) is 5.40. The van der Waals surface area contributed by atoms with E-state index in [0.717, 1.165) is 35.9 Å². The molecule has 1 saturated heterocycles. The molecule has 0 N–H and O–H groups in total. The predicted molar refractivity (Wildman–Crippen MR) is 114 cm³/mol. The first-order valence-corrected chi connectivity index (χ1v) is 10.7. The van der Waals surface area contributed by atoms with Crippen LogP contribution in [0.2, 0.25) is 0 Å². The number of thioether (sulfide) groups is 1. The fourth-order valence-electron chi connectivity index (χ4n) is 4.10. The van der Waals surface area contributed by atoms with E-state index >= 15 is 0 Å². The van der Waals surface area contributed by atoms with Crippen molar-refractivity contribution in [2.45, 2.75) is 45.6 Å². The van der Waals surface area contributed by atoms with Crippen LogP contribution in [0.5, 0.6) is 0 Å². The lowest BCUT2D eigenvalue weighted by Crippen LogP contribution is -2.30. The van der Waals surface area contributed by atoms with E-state index in [4.69, 9.17) is 12.2 Å². The number of para-hydroxylation sites is 1. The molecule has 4 rings (SSSR count). The van der Waals surface area contributed by atoms with Crippen LogP contribution in [-0.4, -0.2) is 26.2 Å². The van der Waals surface area contributed by atoms with E-state index in [1.54, 1.807) is 0 Å². The summed E-state index contributed by atoms with van der Waals surface area (Å²) in [7, 11) is 0. The largest absolute Gasteiger partial charge is 0.347 e. The quantitative estimate of drug-likeness (QED) is 0.507. The lowest BCUT2D eigenvalue weighted by Gasteiger charge is -2.17. The molecule has 1 aromatic heterocycles. The number of hydrogen-bond donors (Lipinski definition) is 0. The zero-order chi connectivity index (χ0) is 18.1. The van der Waals surface area contributed by atoms with Crippen molar-refractivity contribution in [2.24, 2.45) is 5.92 Å². The van der Waals surface area contributed by atoms with Gasteiger partial charge in [-0.2, -0.15) is 0 Å². The van der Waals surface area contributed by atoms with Crippen LogP contribution in [0.4, 0.5) is 0 Å². The van der Waals surface area contributed by atoms with E-state index < -0.39 is 0 Å². The molecule has 2 fully saturated rings. The zero-order valence-corrected chi connectivity index (χ0v) is 16.7. The van der Waals surface area contributed by atoms with Gasteiger partial charge in [-0.05, 0) is 31.4 Å². The highest BCUT2D eigenvalue weighted by molar-refractivity contribution is 8.26. The van der Waals surface area contributed by atoms with Crippen molar-refractivity contribution in [1.29, 1.82) is 0 Å². The number of aryl methyl sites for hydroxylation is 1. The van der Waals surface area contributed by atoms with E-state index in [1.807, 2.05) is 17.0 Å². The van der Waals surface area contributed by atoms with E-state index in [0.29, 0.717) is 4.32 Å². The number of carbonyl (C=O) groups is 1. The Kier molecular flexibility index (Phi) is 5.18. The monoisotopic (exact) mass is 384 g/mol. The minimum absolute atomic E-state index is 0.0753. The number of benzene rings is 1. The molecule has 1 aliphatic heterocycles. The smallest absolute Gasteiger partial charge is 0.266 e. The van der Waals surface area contributed by atoms with Crippen LogP contribution in [-0.2, 0) is 11.3 Å². The molecule has 136 valence electrons. The molecule has 26 heavy (non-hydrogen) atoms. The number of fused-ring (bicyclic) bond motifs is 1. The summed E-state index contributed by atoms with van der Waals surface area (Å²) in [5, 5.41) is 1.19. The molecule has 5 heteroatoms. The first kappa shape index (κ1) is 17.8. The minimum atomic E-state index is 0.0753. The average molecular weight is 385 g/mol. The van der Waals surface area contributed by atoms with Crippen molar-refractivity contribution in [3.63, 3.8) is 0 Å². The van der Waals surface area contributed by atoms with E-state index in [1.165, 1.54) is 48.3 Å². The Morgan fingerprint density at radius 2 is 2.04 bits per heavy atom. The van der Waals surface area contributed by atoms with Crippen molar-refractivity contribution < 1.29 is 4.79 Å². The van der Waals surface area contributed by atoms with Gasteiger partial charge in [-0.25, -0.2) is 0 Å². The molecule has 2 aliphatic rings. The van der Waals surface area contributed by atoms with Gasteiger partial charge in [-0.3, -0.25) is 9.69 Å². The number of amides is 1.